The molecule has 1 unspecified atom stereocenters. The number of benzene rings is 1. The number of ether oxygens (including phenoxy) is 1. The van der Waals surface area contributed by atoms with Gasteiger partial charge in [-0.05, 0) is 51.0 Å². The Labute approximate surface area is 118 Å². The van der Waals surface area contributed by atoms with Crippen molar-refractivity contribution in [3.8, 4) is 0 Å². The molecule has 0 fully saturated rings. The van der Waals surface area contributed by atoms with Crippen molar-refractivity contribution in [2.24, 2.45) is 5.41 Å². The largest absolute Gasteiger partial charge is 0.465 e. The molecule has 4 heteroatoms. The molecule has 0 aliphatic carbocycles. The van der Waals surface area contributed by atoms with Crippen molar-refractivity contribution >= 4 is 17.8 Å². The predicted molar refractivity (Wildman–Crippen MR) is 75.5 cm³/mol. The minimum Gasteiger partial charge on any atom is -0.465 e. The first-order chi connectivity index (χ1) is 9.32. The molecular weight excluding hydrogens is 259 g/mol. The molecule has 108 valence electrons. The SMILES string of the molecule is CCOC(=O)C(C)(C(C)=O)/C(C)=C\c1ccc(F)cc1. The van der Waals surface area contributed by atoms with Crippen molar-refractivity contribution in [2.45, 2.75) is 27.7 Å². The Bertz CT molecular complexity index is 531. The Hall–Kier alpha value is -1.97. The number of hydrogen-bond donors (Lipinski definition) is 0. The molecule has 0 heterocycles. The number of ketones is 1. The van der Waals surface area contributed by atoms with Gasteiger partial charge in [0.25, 0.3) is 0 Å². The van der Waals surface area contributed by atoms with Gasteiger partial charge in [-0.3, -0.25) is 9.59 Å². The van der Waals surface area contributed by atoms with Gasteiger partial charge < -0.3 is 4.74 Å². The van der Waals surface area contributed by atoms with Crippen molar-refractivity contribution in [1.82, 2.24) is 0 Å². The number of rotatable bonds is 5. The lowest BCUT2D eigenvalue weighted by atomic mass is 9.78. The molecule has 0 spiro atoms. The van der Waals surface area contributed by atoms with E-state index in [2.05, 4.69) is 0 Å². The van der Waals surface area contributed by atoms with Crippen LogP contribution in [0.3, 0.4) is 0 Å². The highest BCUT2D eigenvalue weighted by molar-refractivity contribution is 6.06. The van der Waals surface area contributed by atoms with E-state index < -0.39 is 11.4 Å². The summed E-state index contributed by atoms with van der Waals surface area (Å²) in [6.45, 7) is 6.51. The van der Waals surface area contributed by atoms with Gasteiger partial charge in [-0.1, -0.05) is 18.2 Å². The lowest BCUT2D eigenvalue weighted by Crippen LogP contribution is -2.37. The first-order valence-corrected chi connectivity index (χ1v) is 6.45. The van der Waals surface area contributed by atoms with E-state index in [-0.39, 0.29) is 18.2 Å². The second-order valence-electron chi connectivity index (χ2n) is 4.78. The number of Topliss-reactive ketones (excluding diaryl/α,β-unsaturated/α-hetero) is 1. The van der Waals surface area contributed by atoms with Gasteiger partial charge in [-0.15, -0.1) is 0 Å². The van der Waals surface area contributed by atoms with Crippen LogP contribution in [0, 0.1) is 11.2 Å². The zero-order valence-electron chi connectivity index (χ0n) is 12.2. The Morgan fingerprint density at radius 3 is 2.25 bits per heavy atom. The average molecular weight is 278 g/mol. The van der Waals surface area contributed by atoms with Gasteiger partial charge in [0.05, 0.1) is 6.61 Å². The summed E-state index contributed by atoms with van der Waals surface area (Å²) in [6.07, 6.45) is 1.69. The second-order valence-corrected chi connectivity index (χ2v) is 4.78. The molecule has 1 aromatic carbocycles. The van der Waals surface area contributed by atoms with E-state index in [9.17, 15) is 14.0 Å². The molecule has 0 bridgehead atoms. The molecule has 0 N–H and O–H groups in total. The van der Waals surface area contributed by atoms with Crippen molar-refractivity contribution in [1.29, 1.82) is 0 Å². The molecule has 0 radical (unpaired) electrons. The van der Waals surface area contributed by atoms with Crippen LogP contribution in [0.4, 0.5) is 4.39 Å². The Morgan fingerprint density at radius 1 is 1.25 bits per heavy atom. The predicted octanol–water partition coefficient (Wildman–Crippen LogP) is 3.39. The van der Waals surface area contributed by atoms with E-state index in [1.54, 1.807) is 39.0 Å². The van der Waals surface area contributed by atoms with Crippen LogP contribution in [-0.4, -0.2) is 18.4 Å². The summed E-state index contributed by atoms with van der Waals surface area (Å²) in [5.41, 5.74) is -0.0274. The summed E-state index contributed by atoms with van der Waals surface area (Å²) >= 11 is 0. The molecule has 0 aromatic heterocycles. The highest BCUT2D eigenvalue weighted by Crippen LogP contribution is 2.31. The number of hydrogen-bond acceptors (Lipinski definition) is 3. The maximum absolute atomic E-state index is 12.9. The molecule has 0 saturated carbocycles. The van der Waals surface area contributed by atoms with E-state index in [1.165, 1.54) is 19.1 Å². The van der Waals surface area contributed by atoms with Crippen LogP contribution in [0.2, 0.25) is 0 Å². The van der Waals surface area contributed by atoms with Gasteiger partial charge in [0, 0.05) is 0 Å². The number of carbonyl (C=O) groups excluding carboxylic acids is 2. The van der Waals surface area contributed by atoms with Crippen molar-refractivity contribution < 1.29 is 18.7 Å². The van der Waals surface area contributed by atoms with Gasteiger partial charge in [-0.25, -0.2) is 4.39 Å². The van der Waals surface area contributed by atoms with Gasteiger partial charge in [-0.2, -0.15) is 0 Å². The van der Waals surface area contributed by atoms with E-state index in [0.29, 0.717) is 5.57 Å². The van der Waals surface area contributed by atoms with Crippen LogP contribution in [0.5, 0.6) is 0 Å². The van der Waals surface area contributed by atoms with Crippen LogP contribution in [-0.2, 0) is 14.3 Å². The highest BCUT2D eigenvalue weighted by atomic mass is 19.1. The molecular formula is C16H19FO3. The fraction of sp³-hybridized carbons (Fsp3) is 0.375. The smallest absolute Gasteiger partial charge is 0.323 e. The minimum atomic E-state index is -1.32. The number of halogens is 1. The fourth-order valence-corrected chi connectivity index (χ4v) is 1.81. The van der Waals surface area contributed by atoms with Gasteiger partial charge in [0.2, 0.25) is 0 Å². The van der Waals surface area contributed by atoms with Crippen LogP contribution in [0.15, 0.2) is 29.8 Å². The quantitative estimate of drug-likeness (QED) is 0.612. The molecule has 0 aliphatic heterocycles. The van der Waals surface area contributed by atoms with Gasteiger partial charge in [0.15, 0.2) is 5.78 Å². The van der Waals surface area contributed by atoms with Crippen LogP contribution >= 0.6 is 0 Å². The number of esters is 1. The molecule has 1 atom stereocenters. The fourth-order valence-electron chi connectivity index (χ4n) is 1.81. The summed E-state index contributed by atoms with van der Waals surface area (Å²) < 4.78 is 17.9. The van der Waals surface area contributed by atoms with Gasteiger partial charge >= 0.3 is 5.97 Å². The third-order valence-corrected chi connectivity index (χ3v) is 3.43. The molecule has 3 nitrogen and oxygen atoms in total. The van der Waals surface area contributed by atoms with Crippen molar-refractivity contribution in [3.63, 3.8) is 0 Å². The van der Waals surface area contributed by atoms with Crippen molar-refractivity contribution in [2.75, 3.05) is 6.61 Å². The van der Waals surface area contributed by atoms with Gasteiger partial charge in [0.1, 0.15) is 11.2 Å². The standard InChI is InChI=1S/C16H19FO3/c1-5-20-15(19)16(4,12(3)18)11(2)10-13-6-8-14(17)9-7-13/h6-10H,5H2,1-4H3/b11-10-. The first kappa shape index (κ1) is 16.1. The minimum absolute atomic E-state index is 0.214. The Kier molecular flexibility index (Phi) is 5.19. The Balaban J connectivity index is 3.17. The molecule has 20 heavy (non-hydrogen) atoms. The zero-order chi connectivity index (χ0) is 15.3. The summed E-state index contributed by atoms with van der Waals surface area (Å²) in [5.74, 6) is -1.19. The summed E-state index contributed by atoms with van der Waals surface area (Å²) in [4.78, 5) is 23.9. The average Bonchev–Trinajstić information content (AvgIpc) is 2.40. The molecule has 0 aliphatic rings. The zero-order valence-corrected chi connectivity index (χ0v) is 12.2. The summed E-state index contributed by atoms with van der Waals surface area (Å²) in [5, 5.41) is 0. The van der Waals surface area contributed by atoms with E-state index in [4.69, 9.17) is 4.74 Å². The molecule has 1 rings (SSSR count). The molecule has 0 amide bonds. The third-order valence-electron chi connectivity index (χ3n) is 3.43. The normalized spacial score (nSPS) is 14.6. The second kappa shape index (κ2) is 6.46. The van der Waals surface area contributed by atoms with E-state index >= 15 is 0 Å². The summed E-state index contributed by atoms with van der Waals surface area (Å²) in [6, 6.07) is 5.83. The van der Waals surface area contributed by atoms with E-state index in [1.807, 2.05) is 0 Å². The monoisotopic (exact) mass is 278 g/mol. The lowest BCUT2D eigenvalue weighted by Gasteiger charge is -2.25. The first-order valence-electron chi connectivity index (χ1n) is 6.45. The van der Waals surface area contributed by atoms with E-state index in [0.717, 1.165) is 5.56 Å². The van der Waals surface area contributed by atoms with Crippen LogP contribution < -0.4 is 0 Å². The maximum Gasteiger partial charge on any atom is 0.323 e. The molecule has 1 aromatic rings. The summed E-state index contributed by atoms with van der Waals surface area (Å²) in [7, 11) is 0. The third kappa shape index (κ3) is 3.32. The maximum atomic E-state index is 12.9. The van der Waals surface area contributed by atoms with Crippen LogP contribution in [0.1, 0.15) is 33.3 Å². The highest BCUT2D eigenvalue weighted by Gasteiger charge is 2.41. The number of carbonyl (C=O) groups is 2. The molecule has 0 saturated heterocycles. The Morgan fingerprint density at radius 2 is 1.80 bits per heavy atom. The lowest BCUT2D eigenvalue weighted by molar-refractivity contribution is -0.155. The van der Waals surface area contributed by atoms with Crippen molar-refractivity contribution in [3.05, 3.63) is 41.2 Å². The topological polar surface area (TPSA) is 43.4 Å². The van der Waals surface area contributed by atoms with Crippen LogP contribution in [0.25, 0.3) is 6.08 Å².